The highest BCUT2D eigenvalue weighted by Crippen LogP contribution is 2.30. The summed E-state index contributed by atoms with van der Waals surface area (Å²) in [5.74, 6) is 1.37. The number of hydrogen-bond donors (Lipinski definition) is 0. The molecule has 0 amide bonds. The van der Waals surface area contributed by atoms with E-state index in [4.69, 9.17) is 0 Å². The Morgan fingerprint density at radius 3 is 2.70 bits per heavy atom. The molecule has 0 aromatic heterocycles. The molecule has 1 aromatic carbocycles. The third kappa shape index (κ3) is 4.10. The van der Waals surface area contributed by atoms with E-state index in [0.717, 1.165) is 30.8 Å². The number of carbonyl (C=O) groups is 1. The highest BCUT2D eigenvalue weighted by molar-refractivity contribution is 8.00. The largest absolute Gasteiger partial charge is 0.295 e. The van der Waals surface area contributed by atoms with Gasteiger partial charge in [0.2, 0.25) is 0 Å². The molecule has 1 aliphatic rings. The number of carbonyl (C=O) groups excluding carboxylic acids is 1. The molecule has 0 N–H and O–H groups in total. The van der Waals surface area contributed by atoms with Crippen LogP contribution in [0, 0.1) is 13.8 Å². The summed E-state index contributed by atoms with van der Waals surface area (Å²) in [6.07, 6.45) is 1.15. The maximum Gasteiger partial charge on any atom is 0.176 e. The van der Waals surface area contributed by atoms with E-state index in [9.17, 15) is 4.79 Å². The van der Waals surface area contributed by atoms with Crippen LogP contribution in [0.3, 0.4) is 0 Å². The van der Waals surface area contributed by atoms with Crippen LogP contribution in [0.5, 0.6) is 0 Å². The van der Waals surface area contributed by atoms with Crippen LogP contribution in [0.1, 0.15) is 41.8 Å². The lowest BCUT2D eigenvalue weighted by molar-refractivity contribution is 0.0933. The normalized spacial score (nSPS) is 19.6. The molecule has 2 rings (SSSR count). The van der Waals surface area contributed by atoms with Crippen LogP contribution in [0.15, 0.2) is 18.2 Å². The molecule has 3 heteroatoms. The molecule has 1 fully saturated rings. The van der Waals surface area contributed by atoms with Crippen molar-refractivity contribution in [2.24, 2.45) is 0 Å². The van der Waals surface area contributed by atoms with Crippen LogP contribution in [0.2, 0.25) is 0 Å². The molecule has 0 saturated carbocycles. The van der Waals surface area contributed by atoms with Crippen LogP contribution >= 0.6 is 11.8 Å². The van der Waals surface area contributed by atoms with Crippen molar-refractivity contribution in [3.05, 3.63) is 34.9 Å². The molecule has 0 atom stereocenters. The SMILES string of the molecule is Cc1ccc(C(=O)CN2CCSC(C)(C)CC2)cc1C. The smallest absolute Gasteiger partial charge is 0.176 e. The first kappa shape index (κ1) is 15.6. The van der Waals surface area contributed by atoms with Crippen LogP contribution in [-0.2, 0) is 0 Å². The van der Waals surface area contributed by atoms with Gasteiger partial charge in [0, 0.05) is 22.6 Å². The second-order valence-corrected chi connectivity index (χ2v) is 8.16. The quantitative estimate of drug-likeness (QED) is 0.792. The fourth-order valence-electron chi connectivity index (χ4n) is 2.43. The van der Waals surface area contributed by atoms with Crippen LogP contribution in [0.4, 0.5) is 0 Å². The Hall–Kier alpha value is -0.800. The number of ketones is 1. The van der Waals surface area contributed by atoms with E-state index < -0.39 is 0 Å². The summed E-state index contributed by atoms with van der Waals surface area (Å²) in [7, 11) is 0. The van der Waals surface area contributed by atoms with Crippen molar-refractivity contribution >= 4 is 17.5 Å². The summed E-state index contributed by atoms with van der Waals surface area (Å²) < 4.78 is 0.345. The fraction of sp³-hybridized carbons (Fsp3) is 0.588. The Morgan fingerprint density at radius 2 is 2.00 bits per heavy atom. The second-order valence-electron chi connectivity index (χ2n) is 6.36. The molecule has 1 heterocycles. The first-order valence-corrected chi connectivity index (χ1v) is 8.33. The van der Waals surface area contributed by atoms with Crippen molar-refractivity contribution in [3.63, 3.8) is 0 Å². The summed E-state index contributed by atoms with van der Waals surface area (Å²) in [5, 5.41) is 0. The van der Waals surface area contributed by atoms with Gasteiger partial charge in [0.05, 0.1) is 6.54 Å². The molecule has 1 aliphatic heterocycles. The van der Waals surface area contributed by atoms with Crippen molar-refractivity contribution in [2.75, 3.05) is 25.4 Å². The number of benzene rings is 1. The standard InChI is InChI=1S/C17H25NOS/c1-13-5-6-15(11-14(13)2)16(19)12-18-8-7-17(3,4)20-10-9-18/h5-6,11H,7-10,12H2,1-4H3. The maximum absolute atomic E-state index is 12.4. The van der Waals surface area contributed by atoms with Gasteiger partial charge in [-0.25, -0.2) is 0 Å². The molecule has 0 radical (unpaired) electrons. The number of aryl methyl sites for hydroxylation is 2. The Bertz CT molecular complexity index is 496. The highest BCUT2D eigenvalue weighted by atomic mass is 32.2. The van der Waals surface area contributed by atoms with Gasteiger partial charge >= 0.3 is 0 Å². The number of Topliss-reactive ketones (excluding diaryl/α,β-unsaturated/α-hetero) is 1. The predicted octanol–water partition coefficient (Wildman–Crippen LogP) is 3.70. The summed E-state index contributed by atoms with van der Waals surface area (Å²) in [5.41, 5.74) is 3.29. The summed E-state index contributed by atoms with van der Waals surface area (Å²) >= 11 is 2.02. The van der Waals surface area contributed by atoms with Gasteiger partial charge in [-0.3, -0.25) is 9.69 Å². The minimum Gasteiger partial charge on any atom is -0.295 e. The zero-order chi connectivity index (χ0) is 14.8. The molecular formula is C17H25NOS. The van der Waals surface area contributed by atoms with Gasteiger partial charge in [-0.05, 0) is 44.0 Å². The monoisotopic (exact) mass is 291 g/mol. The van der Waals surface area contributed by atoms with Gasteiger partial charge in [-0.15, -0.1) is 0 Å². The molecule has 0 spiro atoms. The lowest BCUT2D eigenvalue weighted by atomic mass is 10.0. The molecule has 1 aromatic rings. The zero-order valence-corrected chi connectivity index (χ0v) is 13.8. The van der Waals surface area contributed by atoms with E-state index in [2.05, 4.69) is 32.6 Å². The molecule has 110 valence electrons. The number of nitrogens with zero attached hydrogens (tertiary/aromatic N) is 1. The first-order valence-electron chi connectivity index (χ1n) is 7.34. The topological polar surface area (TPSA) is 20.3 Å². The molecule has 2 nitrogen and oxygen atoms in total. The van der Waals surface area contributed by atoms with Gasteiger partial charge in [-0.1, -0.05) is 26.0 Å². The third-order valence-electron chi connectivity index (χ3n) is 4.13. The van der Waals surface area contributed by atoms with Crippen LogP contribution in [0.25, 0.3) is 0 Å². The van der Waals surface area contributed by atoms with Gasteiger partial charge in [0.1, 0.15) is 0 Å². The van der Waals surface area contributed by atoms with E-state index in [1.807, 2.05) is 30.0 Å². The van der Waals surface area contributed by atoms with E-state index in [1.54, 1.807) is 0 Å². The van der Waals surface area contributed by atoms with E-state index in [0.29, 0.717) is 11.3 Å². The van der Waals surface area contributed by atoms with Crippen molar-refractivity contribution in [1.29, 1.82) is 0 Å². The third-order valence-corrected chi connectivity index (χ3v) is 5.50. The number of rotatable bonds is 3. The zero-order valence-electron chi connectivity index (χ0n) is 13.0. The maximum atomic E-state index is 12.4. The Morgan fingerprint density at radius 1 is 1.25 bits per heavy atom. The lowest BCUT2D eigenvalue weighted by Gasteiger charge is -2.22. The van der Waals surface area contributed by atoms with E-state index in [1.165, 1.54) is 11.1 Å². The number of hydrogen-bond acceptors (Lipinski definition) is 3. The van der Waals surface area contributed by atoms with Crippen molar-refractivity contribution < 1.29 is 4.79 Å². The van der Waals surface area contributed by atoms with E-state index >= 15 is 0 Å². The van der Waals surface area contributed by atoms with Gasteiger partial charge in [-0.2, -0.15) is 11.8 Å². The average molecular weight is 291 g/mol. The minimum atomic E-state index is 0.248. The van der Waals surface area contributed by atoms with Gasteiger partial charge in [0.15, 0.2) is 5.78 Å². The fourth-order valence-corrected chi connectivity index (χ4v) is 3.57. The number of thioether (sulfide) groups is 1. The predicted molar refractivity (Wildman–Crippen MR) is 87.8 cm³/mol. The van der Waals surface area contributed by atoms with Crippen molar-refractivity contribution in [3.8, 4) is 0 Å². The summed E-state index contributed by atoms with van der Waals surface area (Å²) in [4.78, 5) is 14.7. The summed E-state index contributed by atoms with van der Waals surface area (Å²) in [6.45, 7) is 11.3. The highest BCUT2D eigenvalue weighted by Gasteiger charge is 2.24. The molecule has 0 aliphatic carbocycles. The van der Waals surface area contributed by atoms with Crippen molar-refractivity contribution in [1.82, 2.24) is 4.90 Å². The second kappa shape index (κ2) is 6.31. The summed E-state index contributed by atoms with van der Waals surface area (Å²) in [6, 6.07) is 6.03. The molecular weight excluding hydrogens is 266 g/mol. The van der Waals surface area contributed by atoms with Crippen LogP contribution in [-0.4, -0.2) is 40.8 Å². The molecule has 20 heavy (non-hydrogen) atoms. The van der Waals surface area contributed by atoms with Crippen molar-refractivity contribution in [2.45, 2.75) is 38.9 Å². The van der Waals surface area contributed by atoms with E-state index in [-0.39, 0.29) is 5.78 Å². The average Bonchev–Trinajstić information content (AvgIpc) is 2.54. The molecule has 1 saturated heterocycles. The Kier molecular flexibility index (Phi) is 4.92. The lowest BCUT2D eigenvalue weighted by Crippen LogP contribution is -2.32. The minimum absolute atomic E-state index is 0.248. The van der Waals surface area contributed by atoms with Gasteiger partial charge in [0.25, 0.3) is 0 Å². The molecule has 0 unspecified atom stereocenters. The molecule has 0 bridgehead atoms. The Balaban J connectivity index is 1.99. The van der Waals surface area contributed by atoms with Gasteiger partial charge < -0.3 is 0 Å². The van der Waals surface area contributed by atoms with Crippen LogP contribution < -0.4 is 0 Å². The Labute approximate surface area is 126 Å². The first-order chi connectivity index (χ1) is 9.37.